The third-order valence-corrected chi connectivity index (χ3v) is 5.60. The molecule has 5 atom stereocenters. The molecule has 1 aromatic rings. The number of hydrogen-bond donors (Lipinski definition) is 0. The summed E-state index contributed by atoms with van der Waals surface area (Å²) in [6.45, 7) is 3.16. The van der Waals surface area contributed by atoms with Crippen molar-refractivity contribution in [2.75, 3.05) is 6.61 Å². The largest absolute Gasteiger partial charge is 0.463 e. The minimum atomic E-state index is -1.21. The highest BCUT2D eigenvalue weighted by atomic mass is 35.5. The SMILES string of the molecule is CC(=O)OCC1O[C@H](Sc2cc(Cl)ccc2C#N)[C@H](OC(C)=O)C(N=[N+]=[N-])[C@H]1OC(C)=O. The van der Waals surface area contributed by atoms with Crippen molar-refractivity contribution in [3.63, 3.8) is 0 Å². The van der Waals surface area contributed by atoms with Crippen LogP contribution in [0.2, 0.25) is 5.02 Å². The van der Waals surface area contributed by atoms with Crippen LogP contribution < -0.4 is 0 Å². The highest BCUT2D eigenvalue weighted by Gasteiger charge is 2.50. The van der Waals surface area contributed by atoms with E-state index >= 15 is 0 Å². The fraction of sp³-hybridized carbons (Fsp3) is 0.474. The smallest absolute Gasteiger partial charge is 0.303 e. The van der Waals surface area contributed by atoms with Gasteiger partial charge in [0, 0.05) is 35.6 Å². The molecule has 1 aliphatic heterocycles. The second kappa shape index (κ2) is 11.6. The molecule has 0 spiro atoms. The van der Waals surface area contributed by atoms with Crippen LogP contribution in [-0.4, -0.2) is 54.3 Å². The normalized spacial score (nSPS) is 24.4. The molecule has 0 saturated carbocycles. The summed E-state index contributed by atoms with van der Waals surface area (Å²) >= 11 is 7.05. The van der Waals surface area contributed by atoms with E-state index in [-0.39, 0.29) is 12.2 Å². The maximum atomic E-state index is 11.8. The van der Waals surface area contributed by atoms with Gasteiger partial charge in [-0.05, 0) is 23.7 Å². The molecule has 1 fully saturated rings. The van der Waals surface area contributed by atoms with Gasteiger partial charge >= 0.3 is 17.9 Å². The number of nitriles is 1. The predicted octanol–water partition coefficient (Wildman–Crippen LogP) is 3.13. The summed E-state index contributed by atoms with van der Waals surface area (Å²) in [5.41, 5.74) is 8.37. The molecule has 0 bridgehead atoms. The maximum absolute atomic E-state index is 11.8. The number of esters is 3. The molecule has 0 N–H and O–H groups in total. The first-order valence-corrected chi connectivity index (χ1v) is 10.5. The minimum absolute atomic E-state index is 0.281. The molecule has 0 aromatic heterocycles. The van der Waals surface area contributed by atoms with Crippen molar-refractivity contribution in [2.45, 2.75) is 55.5 Å². The molecule has 13 heteroatoms. The van der Waals surface area contributed by atoms with E-state index < -0.39 is 47.7 Å². The Morgan fingerprint density at radius 2 is 1.88 bits per heavy atom. The predicted molar refractivity (Wildman–Crippen MR) is 111 cm³/mol. The lowest BCUT2D eigenvalue weighted by molar-refractivity contribution is -0.201. The van der Waals surface area contributed by atoms with Crippen molar-refractivity contribution in [3.8, 4) is 6.07 Å². The minimum Gasteiger partial charge on any atom is -0.463 e. The Labute approximate surface area is 192 Å². The van der Waals surface area contributed by atoms with E-state index in [0.29, 0.717) is 9.92 Å². The van der Waals surface area contributed by atoms with Gasteiger partial charge in [-0.3, -0.25) is 14.4 Å². The number of thioether (sulfide) groups is 1. The number of benzene rings is 1. The van der Waals surface area contributed by atoms with E-state index in [1.807, 2.05) is 6.07 Å². The van der Waals surface area contributed by atoms with E-state index in [4.69, 9.17) is 36.1 Å². The van der Waals surface area contributed by atoms with Crippen LogP contribution >= 0.6 is 23.4 Å². The summed E-state index contributed by atoms with van der Waals surface area (Å²) in [6.07, 6.45) is -3.46. The van der Waals surface area contributed by atoms with Crippen LogP contribution in [-0.2, 0) is 33.3 Å². The van der Waals surface area contributed by atoms with E-state index in [1.54, 1.807) is 6.07 Å². The Balaban J connectivity index is 2.51. The van der Waals surface area contributed by atoms with Gasteiger partial charge in [0.05, 0.1) is 5.56 Å². The van der Waals surface area contributed by atoms with Crippen molar-refractivity contribution in [1.82, 2.24) is 0 Å². The van der Waals surface area contributed by atoms with Gasteiger partial charge in [0.1, 0.15) is 42.5 Å². The summed E-state index contributed by atoms with van der Waals surface area (Å²) in [6, 6.07) is 5.40. The molecule has 0 aliphatic carbocycles. The monoisotopic (exact) mass is 482 g/mol. The summed E-state index contributed by atoms with van der Waals surface area (Å²) < 4.78 is 21.6. The molecule has 32 heavy (non-hydrogen) atoms. The number of azide groups is 1. The molecule has 1 heterocycles. The zero-order valence-corrected chi connectivity index (χ0v) is 18.8. The third-order valence-electron chi connectivity index (χ3n) is 4.16. The fourth-order valence-corrected chi connectivity index (χ4v) is 4.45. The van der Waals surface area contributed by atoms with E-state index in [9.17, 15) is 19.6 Å². The van der Waals surface area contributed by atoms with Crippen LogP contribution in [0.4, 0.5) is 0 Å². The van der Waals surface area contributed by atoms with Crippen LogP contribution in [0.3, 0.4) is 0 Å². The fourth-order valence-electron chi connectivity index (χ4n) is 2.98. The third kappa shape index (κ3) is 6.77. The van der Waals surface area contributed by atoms with Crippen molar-refractivity contribution >= 4 is 41.3 Å². The lowest BCUT2D eigenvalue weighted by Gasteiger charge is -2.43. The number of rotatable bonds is 7. The number of halogens is 1. The Bertz CT molecular complexity index is 979. The molecular formula is C19H19ClN4O7S. The Morgan fingerprint density at radius 3 is 2.44 bits per heavy atom. The molecule has 2 unspecified atom stereocenters. The van der Waals surface area contributed by atoms with Crippen LogP contribution in [0.5, 0.6) is 0 Å². The van der Waals surface area contributed by atoms with Crippen LogP contribution in [0.25, 0.3) is 10.4 Å². The second-order valence-corrected chi connectivity index (χ2v) is 8.14. The molecule has 1 saturated heterocycles. The van der Waals surface area contributed by atoms with Gasteiger partial charge < -0.3 is 18.9 Å². The highest BCUT2D eigenvalue weighted by molar-refractivity contribution is 7.99. The molecule has 0 radical (unpaired) electrons. The van der Waals surface area contributed by atoms with E-state index in [0.717, 1.165) is 25.6 Å². The van der Waals surface area contributed by atoms with Gasteiger partial charge in [0.25, 0.3) is 0 Å². The van der Waals surface area contributed by atoms with Crippen molar-refractivity contribution in [3.05, 3.63) is 39.2 Å². The van der Waals surface area contributed by atoms with E-state index in [2.05, 4.69) is 10.0 Å². The molecule has 2 rings (SSSR count). The summed E-state index contributed by atoms with van der Waals surface area (Å²) in [5, 5.41) is 13.4. The maximum Gasteiger partial charge on any atom is 0.303 e. The van der Waals surface area contributed by atoms with Gasteiger partial charge in [-0.25, -0.2) is 0 Å². The average molecular weight is 483 g/mol. The first-order valence-electron chi connectivity index (χ1n) is 9.20. The Morgan fingerprint density at radius 1 is 1.22 bits per heavy atom. The lowest BCUT2D eigenvalue weighted by atomic mass is 9.97. The first-order chi connectivity index (χ1) is 15.2. The van der Waals surface area contributed by atoms with Gasteiger partial charge in [-0.15, -0.1) is 0 Å². The second-order valence-electron chi connectivity index (χ2n) is 6.56. The Hall–Kier alpha value is -2.97. The molecule has 1 aliphatic rings. The summed E-state index contributed by atoms with van der Waals surface area (Å²) in [7, 11) is 0. The Kier molecular flexibility index (Phi) is 9.16. The van der Waals surface area contributed by atoms with Crippen LogP contribution in [0, 0.1) is 11.3 Å². The zero-order valence-electron chi connectivity index (χ0n) is 17.3. The standard InChI is InChI=1S/C19H19ClN4O7S/c1-9(25)28-8-14-17(29-10(2)26)16(23-24-22)18(30-11(3)27)19(31-14)32-15-6-13(20)5-4-12(15)7-21/h4-6,14,16-19H,8H2,1-3H3/t14?,16?,17-,18+,19+/m0/s1. The number of carbonyl (C=O) groups excluding carboxylic acids is 3. The number of hydrogen-bond acceptors (Lipinski definition) is 10. The average Bonchev–Trinajstić information content (AvgIpc) is 2.70. The van der Waals surface area contributed by atoms with Crippen LogP contribution in [0.15, 0.2) is 28.2 Å². The van der Waals surface area contributed by atoms with Crippen molar-refractivity contribution < 1.29 is 33.3 Å². The number of ether oxygens (including phenoxy) is 4. The van der Waals surface area contributed by atoms with Gasteiger partial charge in [0.2, 0.25) is 0 Å². The molecule has 0 amide bonds. The van der Waals surface area contributed by atoms with Gasteiger partial charge in [0.15, 0.2) is 0 Å². The summed E-state index contributed by atoms with van der Waals surface area (Å²) in [4.78, 5) is 38.0. The topological polar surface area (TPSA) is 161 Å². The highest BCUT2D eigenvalue weighted by Crippen LogP contribution is 2.39. The van der Waals surface area contributed by atoms with Gasteiger partial charge in [-0.1, -0.05) is 28.5 Å². The summed E-state index contributed by atoms with van der Waals surface area (Å²) in [5.74, 6) is -2.02. The molecule has 1 aromatic carbocycles. The molecular weight excluding hydrogens is 464 g/mol. The number of nitrogens with zero attached hydrogens (tertiary/aromatic N) is 4. The quantitative estimate of drug-likeness (QED) is 0.187. The first kappa shape index (κ1) is 25.3. The van der Waals surface area contributed by atoms with Gasteiger partial charge in [-0.2, -0.15) is 5.26 Å². The van der Waals surface area contributed by atoms with E-state index in [1.165, 1.54) is 19.1 Å². The number of carbonyl (C=O) groups is 3. The zero-order chi connectivity index (χ0) is 23.8. The molecule has 170 valence electrons. The molecule has 11 nitrogen and oxygen atoms in total. The van der Waals surface area contributed by atoms with Crippen molar-refractivity contribution in [2.24, 2.45) is 5.11 Å². The van der Waals surface area contributed by atoms with Crippen molar-refractivity contribution in [1.29, 1.82) is 5.26 Å². The van der Waals surface area contributed by atoms with Crippen LogP contribution in [0.1, 0.15) is 26.3 Å². The lowest BCUT2D eigenvalue weighted by Crippen LogP contribution is -2.59.